The second-order valence-corrected chi connectivity index (χ2v) is 7.93. The van der Waals surface area contributed by atoms with Crippen LogP contribution in [0.25, 0.3) is 0 Å². The third-order valence-corrected chi connectivity index (χ3v) is 2.94. The molecule has 1 atom stereocenters. The molecule has 22 heavy (non-hydrogen) atoms. The van der Waals surface area contributed by atoms with E-state index in [9.17, 15) is 9.59 Å². The van der Waals surface area contributed by atoms with Gasteiger partial charge in [-0.3, -0.25) is 0 Å². The van der Waals surface area contributed by atoms with Gasteiger partial charge in [-0.05, 0) is 68.2 Å². The van der Waals surface area contributed by atoms with Crippen LogP contribution in [-0.2, 0) is 0 Å². The lowest BCUT2D eigenvalue weighted by Crippen LogP contribution is -2.53. The van der Waals surface area contributed by atoms with Crippen LogP contribution in [0.1, 0.15) is 68.2 Å². The number of rotatable bonds is 6. The lowest BCUT2D eigenvalue weighted by atomic mass is 9.96. The third kappa shape index (κ3) is 11.2. The summed E-state index contributed by atoms with van der Waals surface area (Å²) in [5.41, 5.74) is -0.594. The average Bonchev–Trinajstić information content (AvgIpc) is 2.21. The number of nitrogens with one attached hydrogen (secondary N) is 4. The van der Waals surface area contributed by atoms with Crippen LogP contribution >= 0.6 is 0 Å². The fourth-order valence-electron chi connectivity index (χ4n) is 1.92. The maximum Gasteiger partial charge on any atom is 0.315 e. The third-order valence-electron chi connectivity index (χ3n) is 2.94. The van der Waals surface area contributed by atoms with Crippen LogP contribution in [0.15, 0.2) is 0 Å². The first-order chi connectivity index (χ1) is 9.81. The maximum atomic E-state index is 11.9. The van der Waals surface area contributed by atoms with E-state index in [2.05, 4.69) is 21.3 Å². The number of carbonyl (C=O) groups is 2. The van der Waals surface area contributed by atoms with E-state index in [1.165, 1.54) is 0 Å². The molecular formula is C16H34N4O2. The predicted molar refractivity (Wildman–Crippen MR) is 91.0 cm³/mol. The molecule has 4 N–H and O–H groups in total. The number of hydrogen-bond acceptors (Lipinski definition) is 2. The molecule has 0 aromatic rings. The Bertz CT molecular complexity index is 373. The van der Waals surface area contributed by atoms with Gasteiger partial charge in [0.1, 0.15) is 0 Å². The summed E-state index contributed by atoms with van der Waals surface area (Å²) in [6, 6.07) is -0.161. The van der Waals surface area contributed by atoms with Gasteiger partial charge in [0.25, 0.3) is 0 Å². The molecule has 0 aliphatic rings. The van der Waals surface area contributed by atoms with Crippen LogP contribution in [0.3, 0.4) is 0 Å². The maximum absolute atomic E-state index is 11.9. The molecule has 4 amide bonds. The topological polar surface area (TPSA) is 82.3 Å². The standard InChI is InChI=1S/C16H34N4O2/c1-11(2)17-13(21)18-12(3)9-10-16(7,8)20-14(22)19-15(4,5)6/h11-12H,9-10H2,1-8H3,(H2,17,18,21)(H2,19,20,22). The van der Waals surface area contributed by atoms with E-state index in [-0.39, 0.29) is 35.2 Å². The van der Waals surface area contributed by atoms with Gasteiger partial charge in [-0.1, -0.05) is 0 Å². The fourth-order valence-corrected chi connectivity index (χ4v) is 1.92. The van der Waals surface area contributed by atoms with Crippen molar-refractivity contribution in [1.29, 1.82) is 0 Å². The van der Waals surface area contributed by atoms with Gasteiger partial charge in [-0.15, -0.1) is 0 Å². The normalized spacial score (nSPS) is 13.5. The molecule has 0 heterocycles. The van der Waals surface area contributed by atoms with Gasteiger partial charge in [0, 0.05) is 23.2 Å². The second-order valence-electron chi connectivity index (χ2n) is 7.93. The van der Waals surface area contributed by atoms with Crippen LogP contribution in [0.4, 0.5) is 9.59 Å². The largest absolute Gasteiger partial charge is 0.336 e. The lowest BCUT2D eigenvalue weighted by Gasteiger charge is -2.30. The molecule has 6 heteroatoms. The number of amides is 4. The van der Waals surface area contributed by atoms with Gasteiger partial charge >= 0.3 is 12.1 Å². The Kier molecular flexibility index (Phi) is 7.70. The minimum Gasteiger partial charge on any atom is -0.336 e. The zero-order valence-corrected chi connectivity index (χ0v) is 15.4. The number of hydrogen-bond donors (Lipinski definition) is 4. The van der Waals surface area contributed by atoms with Crippen LogP contribution in [-0.4, -0.2) is 35.2 Å². The number of urea groups is 2. The molecule has 0 saturated carbocycles. The first-order valence-corrected chi connectivity index (χ1v) is 7.98. The summed E-state index contributed by atoms with van der Waals surface area (Å²) in [5.74, 6) is 0. The fraction of sp³-hybridized carbons (Fsp3) is 0.875. The summed E-state index contributed by atoms with van der Waals surface area (Å²) >= 11 is 0. The van der Waals surface area contributed by atoms with Crippen molar-refractivity contribution < 1.29 is 9.59 Å². The average molecular weight is 314 g/mol. The van der Waals surface area contributed by atoms with Crippen LogP contribution in [0, 0.1) is 0 Å². The second kappa shape index (κ2) is 8.25. The first-order valence-electron chi connectivity index (χ1n) is 7.98. The number of carbonyl (C=O) groups excluding carboxylic acids is 2. The van der Waals surface area contributed by atoms with Gasteiger partial charge in [0.05, 0.1) is 0 Å². The molecule has 0 rings (SSSR count). The molecule has 1 unspecified atom stereocenters. The highest BCUT2D eigenvalue weighted by Gasteiger charge is 2.23. The molecule has 0 spiro atoms. The molecule has 0 radical (unpaired) electrons. The van der Waals surface area contributed by atoms with E-state index in [4.69, 9.17) is 0 Å². The van der Waals surface area contributed by atoms with Crippen molar-refractivity contribution in [1.82, 2.24) is 21.3 Å². The van der Waals surface area contributed by atoms with Crippen LogP contribution in [0.5, 0.6) is 0 Å². The highest BCUT2D eigenvalue weighted by Crippen LogP contribution is 2.13. The first kappa shape index (κ1) is 20.5. The van der Waals surface area contributed by atoms with Gasteiger partial charge < -0.3 is 21.3 Å². The zero-order valence-electron chi connectivity index (χ0n) is 15.4. The smallest absolute Gasteiger partial charge is 0.315 e. The molecule has 0 bridgehead atoms. The van der Waals surface area contributed by atoms with E-state index >= 15 is 0 Å². The molecule has 0 aromatic heterocycles. The summed E-state index contributed by atoms with van der Waals surface area (Å²) in [4.78, 5) is 23.5. The molecular weight excluding hydrogens is 280 g/mol. The van der Waals surface area contributed by atoms with Crippen LogP contribution < -0.4 is 21.3 Å². The van der Waals surface area contributed by atoms with Gasteiger partial charge in [-0.2, -0.15) is 0 Å². The van der Waals surface area contributed by atoms with Gasteiger partial charge in [-0.25, -0.2) is 9.59 Å². The highest BCUT2D eigenvalue weighted by molar-refractivity contribution is 5.75. The Hall–Kier alpha value is -1.46. The predicted octanol–water partition coefficient (Wildman–Crippen LogP) is 2.74. The van der Waals surface area contributed by atoms with Crippen molar-refractivity contribution in [2.45, 2.75) is 91.4 Å². The Morgan fingerprint density at radius 3 is 1.86 bits per heavy atom. The van der Waals surface area contributed by atoms with Crippen molar-refractivity contribution in [2.24, 2.45) is 0 Å². The lowest BCUT2D eigenvalue weighted by molar-refractivity contribution is 0.216. The Morgan fingerprint density at radius 1 is 0.864 bits per heavy atom. The Balaban J connectivity index is 4.20. The molecule has 0 aliphatic heterocycles. The summed E-state index contributed by atoms with van der Waals surface area (Å²) in [5, 5.41) is 11.6. The summed E-state index contributed by atoms with van der Waals surface area (Å²) in [6.45, 7) is 15.6. The summed E-state index contributed by atoms with van der Waals surface area (Å²) < 4.78 is 0. The van der Waals surface area contributed by atoms with Crippen molar-refractivity contribution in [3.8, 4) is 0 Å². The van der Waals surface area contributed by atoms with Crippen molar-refractivity contribution in [3.05, 3.63) is 0 Å². The molecule has 0 saturated heterocycles. The molecule has 130 valence electrons. The quantitative estimate of drug-likeness (QED) is 0.608. The molecule has 0 fully saturated rings. The molecule has 0 aromatic carbocycles. The minimum absolute atomic E-state index is 0.0468. The van der Waals surface area contributed by atoms with Crippen molar-refractivity contribution >= 4 is 12.1 Å². The van der Waals surface area contributed by atoms with E-state index in [0.717, 1.165) is 12.8 Å². The summed E-state index contributed by atoms with van der Waals surface area (Å²) in [7, 11) is 0. The minimum atomic E-state index is -0.334. The molecule has 6 nitrogen and oxygen atoms in total. The highest BCUT2D eigenvalue weighted by atomic mass is 16.2. The Labute approximate surface area is 135 Å². The monoisotopic (exact) mass is 314 g/mol. The molecule has 0 aliphatic carbocycles. The van der Waals surface area contributed by atoms with E-state index < -0.39 is 0 Å². The van der Waals surface area contributed by atoms with E-state index in [1.807, 2.05) is 55.4 Å². The SMILES string of the molecule is CC(C)NC(=O)NC(C)CCC(C)(C)NC(=O)NC(C)(C)C. The summed E-state index contributed by atoms with van der Waals surface area (Å²) in [6.07, 6.45) is 1.56. The van der Waals surface area contributed by atoms with E-state index in [0.29, 0.717) is 0 Å². The van der Waals surface area contributed by atoms with Crippen molar-refractivity contribution in [3.63, 3.8) is 0 Å². The zero-order chi connectivity index (χ0) is 17.6. The van der Waals surface area contributed by atoms with Crippen LogP contribution in [0.2, 0.25) is 0 Å². The van der Waals surface area contributed by atoms with E-state index in [1.54, 1.807) is 0 Å². The Morgan fingerprint density at radius 2 is 1.41 bits per heavy atom. The van der Waals surface area contributed by atoms with Crippen molar-refractivity contribution in [2.75, 3.05) is 0 Å². The van der Waals surface area contributed by atoms with Gasteiger partial charge in [0.2, 0.25) is 0 Å². The van der Waals surface area contributed by atoms with Gasteiger partial charge in [0.15, 0.2) is 0 Å².